The summed E-state index contributed by atoms with van der Waals surface area (Å²) in [5, 5.41) is 13.6. The van der Waals surface area contributed by atoms with Crippen molar-refractivity contribution < 1.29 is 39.8 Å². The van der Waals surface area contributed by atoms with Crippen LogP contribution >= 0.6 is 0 Å². The molecule has 0 saturated carbocycles. The van der Waals surface area contributed by atoms with Crippen LogP contribution in [0.2, 0.25) is 0 Å². The van der Waals surface area contributed by atoms with E-state index in [9.17, 15) is 0 Å². The predicted octanol–water partition coefficient (Wildman–Crippen LogP) is -3.35. The zero-order valence-corrected chi connectivity index (χ0v) is 4.09. The van der Waals surface area contributed by atoms with Gasteiger partial charge in [0.25, 0.3) is 5.09 Å². The molecule has 0 unspecified atom stereocenters. The van der Waals surface area contributed by atoms with Crippen LogP contribution in [0.4, 0.5) is 0 Å². The van der Waals surface area contributed by atoms with Crippen molar-refractivity contribution in [2.75, 3.05) is 0 Å². The summed E-state index contributed by atoms with van der Waals surface area (Å²) in [6, 6.07) is 0. The van der Waals surface area contributed by atoms with Crippen LogP contribution in [0, 0.1) is 10.1 Å². The Labute approximate surface area is 50.5 Å². The molecule has 0 aromatic rings. The summed E-state index contributed by atoms with van der Waals surface area (Å²) in [5.74, 6) is 0. The minimum atomic E-state index is -1.50. The third-order valence-corrected chi connectivity index (χ3v) is 0. The molecule has 0 aliphatic heterocycles. The molecule has 0 bridgehead atoms. The van der Waals surface area contributed by atoms with Gasteiger partial charge in [-0.25, -0.2) is 0 Å². The molecule has 0 amide bonds. The molecular formula is HClCuNO3+. The molecule has 1 radical (unpaired) electrons. The van der Waals surface area contributed by atoms with E-state index in [1.54, 1.807) is 0 Å². The first-order valence-electron chi connectivity index (χ1n) is 0.565. The Kier molecular flexibility index (Phi) is 24.7. The summed E-state index contributed by atoms with van der Waals surface area (Å²) in [5.41, 5.74) is 0. The van der Waals surface area contributed by atoms with Crippen molar-refractivity contribution in [2.24, 2.45) is 0 Å². The maximum Gasteiger partial charge on any atom is 2.00 e. The fraction of sp³-hybridized carbons (Fsp3) is 0. The first-order chi connectivity index (χ1) is 1.73. The molecule has 0 saturated heterocycles. The third-order valence-electron chi connectivity index (χ3n) is 0. The van der Waals surface area contributed by atoms with E-state index in [2.05, 4.69) is 0 Å². The van der Waals surface area contributed by atoms with Gasteiger partial charge in [0.05, 0.1) is 0 Å². The monoisotopic (exact) mass is 161 g/mol. The van der Waals surface area contributed by atoms with Crippen molar-refractivity contribution in [1.82, 2.24) is 0 Å². The van der Waals surface area contributed by atoms with E-state index in [1.807, 2.05) is 0 Å². The smallest absolute Gasteiger partial charge is 1.00 e. The molecule has 6 heteroatoms. The Morgan fingerprint density at radius 2 is 1.67 bits per heavy atom. The quantitative estimate of drug-likeness (QED) is 0.230. The fourth-order valence-corrected chi connectivity index (χ4v) is 0. The molecule has 41 valence electrons. The summed E-state index contributed by atoms with van der Waals surface area (Å²) in [4.78, 5) is 8.36. The van der Waals surface area contributed by atoms with Crippen LogP contribution < -0.4 is 12.4 Å². The van der Waals surface area contributed by atoms with E-state index in [0.717, 1.165) is 0 Å². The van der Waals surface area contributed by atoms with E-state index in [-0.39, 0.29) is 29.5 Å². The average molecular weight is 162 g/mol. The first-order valence-corrected chi connectivity index (χ1v) is 0.565. The Bertz CT molecular complexity index is 33.8. The van der Waals surface area contributed by atoms with Gasteiger partial charge in [0.1, 0.15) is 0 Å². The van der Waals surface area contributed by atoms with E-state index >= 15 is 0 Å². The molecule has 0 rings (SSSR count). The third kappa shape index (κ3) is 404000. The van der Waals surface area contributed by atoms with Gasteiger partial charge in [-0.3, -0.25) is 0 Å². The molecule has 4 nitrogen and oxygen atoms in total. The second-order valence-electron chi connectivity index (χ2n) is 0.238. The van der Waals surface area contributed by atoms with Crippen LogP contribution in [-0.4, -0.2) is 10.3 Å². The maximum atomic E-state index is 8.36. The molecular weight excluding hydrogens is 161 g/mol. The van der Waals surface area contributed by atoms with Crippen LogP contribution in [0.25, 0.3) is 0 Å². The van der Waals surface area contributed by atoms with Crippen molar-refractivity contribution in [3.63, 3.8) is 0 Å². The van der Waals surface area contributed by atoms with Gasteiger partial charge in [0, 0.05) is 0 Å². The van der Waals surface area contributed by atoms with Crippen molar-refractivity contribution >= 4 is 0 Å². The molecule has 0 aliphatic rings. The van der Waals surface area contributed by atoms with Crippen molar-refractivity contribution in [3.8, 4) is 0 Å². The van der Waals surface area contributed by atoms with E-state index in [0.29, 0.717) is 0 Å². The van der Waals surface area contributed by atoms with Crippen LogP contribution in [-0.2, 0) is 17.1 Å². The van der Waals surface area contributed by atoms with Crippen molar-refractivity contribution in [1.29, 1.82) is 0 Å². The Hall–Kier alpha value is 0.00948. The molecule has 1 N–H and O–H groups in total. The van der Waals surface area contributed by atoms with Gasteiger partial charge >= 0.3 is 17.1 Å². The van der Waals surface area contributed by atoms with Crippen LogP contribution in [0.3, 0.4) is 0 Å². The molecule has 0 aromatic heterocycles. The van der Waals surface area contributed by atoms with E-state index < -0.39 is 5.09 Å². The van der Waals surface area contributed by atoms with E-state index in [1.165, 1.54) is 0 Å². The van der Waals surface area contributed by atoms with E-state index in [4.69, 9.17) is 15.3 Å². The maximum absolute atomic E-state index is 8.36. The summed E-state index contributed by atoms with van der Waals surface area (Å²) in [6.07, 6.45) is 0. The van der Waals surface area contributed by atoms with Gasteiger partial charge in [-0.1, -0.05) is 0 Å². The summed E-state index contributed by atoms with van der Waals surface area (Å²) in [6.45, 7) is 0. The van der Waals surface area contributed by atoms with Gasteiger partial charge in [-0.15, -0.1) is 10.1 Å². The molecule has 0 aliphatic carbocycles. The largest absolute Gasteiger partial charge is 2.00 e. The second-order valence-corrected chi connectivity index (χ2v) is 0.238. The zero-order chi connectivity index (χ0) is 3.58. The Morgan fingerprint density at radius 3 is 1.67 bits per heavy atom. The first kappa shape index (κ1) is 16.7. The Balaban J connectivity index is -0.0000000450. The number of rotatable bonds is 0. The molecule has 0 aromatic carbocycles. The Morgan fingerprint density at radius 1 is 1.67 bits per heavy atom. The SMILES string of the molecule is O=[N+]([O-])O.[Cl-].[Cu+2]. The fourth-order valence-electron chi connectivity index (χ4n) is 0. The van der Waals surface area contributed by atoms with Crippen LogP contribution in [0.15, 0.2) is 0 Å². The molecule has 6 heavy (non-hydrogen) atoms. The predicted molar refractivity (Wildman–Crippen MR) is 8.78 cm³/mol. The zero-order valence-electron chi connectivity index (χ0n) is 2.39. The molecule has 0 spiro atoms. The summed E-state index contributed by atoms with van der Waals surface area (Å²) < 4.78 is 0. The van der Waals surface area contributed by atoms with Crippen LogP contribution in [0.5, 0.6) is 0 Å². The average Bonchev–Trinajstić information content (AvgIpc) is 0.811. The minimum Gasteiger partial charge on any atom is -1.00 e. The standard InChI is InChI=1S/ClH.Cu.HNO3/c;;2-1(3)4/h1H;;(H,2,3,4)/q;+2;/p-1. The number of nitrogens with zero attached hydrogens (tertiary/aromatic N) is 1. The van der Waals surface area contributed by atoms with Crippen molar-refractivity contribution in [3.05, 3.63) is 10.1 Å². The minimum absolute atomic E-state index is 0. The van der Waals surface area contributed by atoms with Crippen LogP contribution in [0.1, 0.15) is 0 Å². The summed E-state index contributed by atoms with van der Waals surface area (Å²) >= 11 is 0. The van der Waals surface area contributed by atoms with Gasteiger partial charge < -0.3 is 17.6 Å². The second kappa shape index (κ2) is 8.89. The number of hydrogen-bond acceptors (Lipinski definition) is 2. The topological polar surface area (TPSA) is 63.4 Å². The van der Waals surface area contributed by atoms with Gasteiger partial charge in [0.15, 0.2) is 0 Å². The van der Waals surface area contributed by atoms with Crippen molar-refractivity contribution in [2.45, 2.75) is 0 Å². The van der Waals surface area contributed by atoms with Gasteiger partial charge in [0.2, 0.25) is 0 Å². The normalized spacial score (nSPS) is 4.00. The number of halogens is 1. The number of hydrogen-bond donors (Lipinski definition) is 1. The van der Waals surface area contributed by atoms with Gasteiger partial charge in [-0.05, 0) is 0 Å². The summed E-state index contributed by atoms with van der Waals surface area (Å²) in [7, 11) is 0. The van der Waals surface area contributed by atoms with Gasteiger partial charge in [-0.2, -0.15) is 0 Å². The molecule has 0 atom stereocenters. The molecule has 0 heterocycles. The molecule has 0 fully saturated rings.